The van der Waals surface area contributed by atoms with Crippen LogP contribution in [0.5, 0.6) is 0 Å². The van der Waals surface area contributed by atoms with E-state index < -0.39 is 5.97 Å². The van der Waals surface area contributed by atoms with Crippen molar-refractivity contribution in [1.29, 1.82) is 0 Å². The van der Waals surface area contributed by atoms with Gasteiger partial charge in [-0.05, 0) is 36.2 Å². The number of fused-ring (bicyclic) bond motifs is 3. The number of carboxylic acids is 1. The van der Waals surface area contributed by atoms with Crippen molar-refractivity contribution in [2.45, 2.75) is 6.42 Å². The number of carbonyl (C=O) groups excluding carboxylic acids is 1. The number of hydrogen-bond donors (Lipinski definition) is 1. The summed E-state index contributed by atoms with van der Waals surface area (Å²) >= 11 is 1.32. The van der Waals surface area contributed by atoms with Crippen LogP contribution in [0.3, 0.4) is 0 Å². The van der Waals surface area contributed by atoms with Crippen LogP contribution >= 0.6 is 11.8 Å². The van der Waals surface area contributed by atoms with Crippen LogP contribution in [0.25, 0.3) is 16.6 Å². The van der Waals surface area contributed by atoms with Gasteiger partial charge in [0.1, 0.15) is 5.69 Å². The van der Waals surface area contributed by atoms with E-state index in [1.807, 2.05) is 34.9 Å². The Morgan fingerprint density at radius 1 is 1.13 bits per heavy atom. The van der Waals surface area contributed by atoms with Gasteiger partial charge < -0.3 is 9.67 Å². The number of thioether (sulfide) groups is 1. The lowest BCUT2D eigenvalue weighted by molar-refractivity contribution is 0.0696. The van der Waals surface area contributed by atoms with Crippen LogP contribution < -0.4 is 0 Å². The molecule has 2 aromatic carbocycles. The fraction of sp³-hybridized carbons (Fsp3) is 0.111. The van der Waals surface area contributed by atoms with Crippen LogP contribution in [0.15, 0.2) is 48.5 Å². The van der Waals surface area contributed by atoms with Crippen LogP contribution in [0.2, 0.25) is 0 Å². The van der Waals surface area contributed by atoms with E-state index in [1.54, 1.807) is 18.2 Å². The highest BCUT2D eigenvalue weighted by atomic mass is 32.2. The zero-order chi connectivity index (χ0) is 16.0. The van der Waals surface area contributed by atoms with E-state index in [1.165, 1.54) is 11.8 Å². The quantitative estimate of drug-likeness (QED) is 0.780. The third-order valence-electron chi connectivity index (χ3n) is 4.11. The third-order valence-corrected chi connectivity index (χ3v) is 4.97. The summed E-state index contributed by atoms with van der Waals surface area (Å²) in [7, 11) is 0. The van der Waals surface area contributed by atoms with Crippen molar-refractivity contribution in [2.24, 2.45) is 0 Å². The Kier molecular flexibility index (Phi) is 3.23. The van der Waals surface area contributed by atoms with Crippen molar-refractivity contribution in [1.82, 2.24) is 4.57 Å². The molecule has 23 heavy (non-hydrogen) atoms. The Balaban J connectivity index is 2.07. The number of hydrogen-bond acceptors (Lipinski definition) is 3. The standard InChI is InChI=1S/C18H13NO3S/c20-17(21)11-4-3-5-12(10-11)19-15-7-2-1-6-13(15)14-8-9-23-18(22)16(14)19/h1-7,10H,8-9H2,(H,20,21). The van der Waals surface area contributed by atoms with Gasteiger partial charge >= 0.3 is 5.97 Å². The molecule has 0 unspecified atom stereocenters. The Bertz CT molecular complexity index is 958. The summed E-state index contributed by atoms with van der Waals surface area (Å²) in [6, 6.07) is 14.6. The van der Waals surface area contributed by atoms with E-state index in [9.17, 15) is 14.7 Å². The Morgan fingerprint density at radius 3 is 2.78 bits per heavy atom. The molecule has 114 valence electrons. The monoisotopic (exact) mass is 323 g/mol. The third kappa shape index (κ3) is 2.16. The summed E-state index contributed by atoms with van der Waals surface area (Å²) < 4.78 is 1.89. The highest BCUT2D eigenvalue weighted by molar-refractivity contribution is 8.14. The van der Waals surface area contributed by atoms with Crippen molar-refractivity contribution in [3.05, 3.63) is 65.4 Å². The van der Waals surface area contributed by atoms with E-state index in [-0.39, 0.29) is 10.7 Å². The maximum Gasteiger partial charge on any atom is 0.335 e. The van der Waals surface area contributed by atoms with Gasteiger partial charge in [-0.1, -0.05) is 36.0 Å². The van der Waals surface area contributed by atoms with Gasteiger partial charge in [0, 0.05) is 16.8 Å². The minimum atomic E-state index is -0.974. The summed E-state index contributed by atoms with van der Waals surface area (Å²) in [5.74, 6) is -0.187. The molecule has 0 radical (unpaired) electrons. The SMILES string of the molecule is O=C(O)c1cccc(-n2c3c(c4ccccc42)CCSC3=O)c1. The van der Waals surface area contributed by atoms with Crippen LogP contribution in [-0.2, 0) is 6.42 Å². The predicted octanol–water partition coefficient (Wildman–Crippen LogP) is 3.76. The molecular formula is C18H13NO3S. The maximum absolute atomic E-state index is 12.5. The first-order valence-corrected chi connectivity index (χ1v) is 8.28. The minimum Gasteiger partial charge on any atom is -0.478 e. The number of nitrogens with zero attached hydrogens (tertiary/aromatic N) is 1. The average Bonchev–Trinajstić information content (AvgIpc) is 2.91. The molecule has 0 saturated heterocycles. The first-order chi connectivity index (χ1) is 11.2. The first kappa shape index (κ1) is 14.1. The number of benzene rings is 2. The molecule has 0 bridgehead atoms. The summed E-state index contributed by atoms with van der Waals surface area (Å²) in [4.78, 5) is 23.8. The van der Waals surface area contributed by atoms with Crippen LogP contribution in [0, 0.1) is 0 Å². The normalized spacial score (nSPS) is 14.0. The molecule has 4 rings (SSSR count). The van der Waals surface area contributed by atoms with Crippen molar-refractivity contribution in [3.63, 3.8) is 0 Å². The molecular weight excluding hydrogens is 310 g/mol. The molecule has 0 amide bonds. The lowest BCUT2D eigenvalue weighted by Gasteiger charge is -2.15. The summed E-state index contributed by atoms with van der Waals surface area (Å²) in [5.41, 5.74) is 3.59. The number of carboxylic acid groups (broad SMARTS) is 1. The molecule has 0 saturated carbocycles. The van der Waals surface area contributed by atoms with Gasteiger partial charge in [-0.15, -0.1) is 0 Å². The Morgan fingerprint density at radius 2 is 1.96 bits per heavy atom. The van der Waals surface area contributed by atoms with Crippen LogP contribution in [-0.4, -0.2) is 26.5 Å². The Labute approximate surface area is 136 Å². The smallest absolute Gasteiger partial charge is 0.335 e. The topological polar surface area (TPSA) is 59.3 Å². The highest BCUT2D eigenvalue weighted by Crippen LogP contribution is 2.36. The second-order valence-electron chi connectivity index (χ2n) is 5.42. The molecule has 1 aliphatic heterocycles. The van der Waals surface area contributed by atoms with Gasteiger partial charge in [-0.3, -0.25) is 4.79 Å². The van der Waals surface area contributed by atoms with Crippen molar-refractivity contribution < 1.29 is 14.7 Å². The van der Waals surface area contributed by atoms with Gasteiger partial charge in [0.05, 0.1) is 11.1 Å². The number of carbonyl (C=O) groups is 2. The Hall–Kier alpha value is -2.53. The molecule has 0 aliphatic carbocycles. The van der Waals surface area contributed by atoms with Gasteiger partial charge in [0.2, 0.25) is 5.12 Å². The fourth-order valence-electron chi connectivity index (χ4n) is 3.13. The number of aryl methyl sites for hydroxylation is 1. The van der Waals surface area contributed by atoms with Gasteiger partial charge in [0.15, 0.2) is 0 Å². The van der Waals surface area contributed by atoms with E-state index in [0.717, 1.165) is 28.6 Å². The first-order valence-electron chi connectivity index (χ1n) is 7.30. The lowest BCUT2D eigenvalue weighted by Crippen LogP contribution is -2.13. The molecule has 0 fully saturated rings. The van der Waals surface area contributed by atoms with E-state index in [2.05, 4.69) is 0 Å². The number of aromatic nitrogens is 1. The number of aromatic carboxylic acids is 1. The van der Waals surface area contributed by atoms with Gasteiger partial charge in [0.25, 0.3) is 0 Å². The highest BCUT2D eigenvalue weighted by Gasteiger charge is 2.27. The van der Waals surface area contributed by atoms with E-state index in [0.29, 0.717) is 11.4 Å². The van der Waals surface area contributed by atoms with Gasteiger partial charge in [-0.2, -0.15) is 0 Å². The molecule has 1 aromatic heterocycles. The van der Waals surface area contributed by atoms with Gasteiger partial charge in [-0.25, -0.2) is 4.79 Å². The molecule has 2 heterocycles. The van der Waals surface area contributed by atoms with E-state index in [4.69, 9.17) is 0 Å². The molecule has 3 aromatic rings. The van der Waals surface area contributed by atoms with Crippen molar-refractivity contribution in [2.75, 3.05) is 5.75 Å². The average molecular weight is 323 g/mol. The molecule has 5 heteroatoms. The maximum atomic E-state index is 12.5. The second-order valence-corrected chi connectivity index (χ2v) is 6.49. The van der Waals surface area contributed by atoms with Crippen LogP contribution in [0.1, 0.15) is 26.4 Å². The predicted molar refractivity (Wildman–Crippen MR) is 90.7 cm³/mol. The second kappa shape index (κ2) is 5.28. The number of rotatable bonds is 2. The summed E-state index contributed by atoms with van der Waals surface area (Å²) in [5, 5.41) is 10.3. The molecule has 1 N–H and O–H groups in total. The molecule has 0 spiro atoms. The minimum absolute atomic E-state index is 0.0446. The van der Waals surface area contributed by atoms with Crippen LogP contribution in [0.4, 0.5) is 0 Å². The molecule has 1 aliphatic rings. The molecule has 4 nitrogen and oxygen atoms in total. The fourth-order valence-corrected chi connectivity index (χ4v) is 3.98. The summed E-state index contributed by atoms with van der Waals surface area (Å²) in [6.07, 6.45) is 0.845. The van der Waals surface area contributed by atoms with Crippen molar-refractivity contribution in [3.8, 4) is 5.69 Å². The largest absolute Gasteiger partial charge is 0.478 e. The van der Waals surface area contributed by atoms with Crippen molar-refractivity contribution >= 4 is 33.7 Å². The molecule has 0 atom stereocenters. The lowest BCUT2D eigenvalue weighted by atomic mass is 10.1. The number of para-hydroxylation sites is 1. The summed E-state index contributed by atoms with van der Waals surface area (Å²) in [6.45, 7) is 0. The zero-order valence-corrected chi connectivity index (χ0v) is 13.0. The zero-order valence-electron chi connectivity index (χ0n) is 12.2. The van der Waals surface area contributed by atoms with E-state index >= 15 is 0 Å².